The van der Waals surface area contributed by atoms with Gasteiger partial charge in [-0.15, -0.1) is 0 Å². The number of halogens is 1. The Morgan fingerprint density at radius 1 is 1.15 bits per heavy atom. The Labute approximate surface area is 229 Å². The summed E-state index contributed by atoms with van der Waals surface area (Å²) >= 11 is 6.06. The number of aryl methyl sites for hydroxylation is 1. The van der Waals surface area contributed by atoms with Crippen molar-refractivity contribution in [3.05, 3.63) is 94.0 Å². The largest absolute Gasteiger partial charge is 0.365 e. The number of nitrogens with zero attached hydrogens (tertiary/aromatic N) is 5. The van der Waals surface area contributed by atoms with Gasteiger partial charge in [-0.25, -0.2) is 4.98 Å². The molecular formula is C28H27ClN8O2. The molecule has 6 rings (SSSR count). The fourth-order valence-electron chi connectivity index (χ4n) is 4.85. The van der Waals surface area contributed by atoms with Crippen LogP contribution in [0.4, 0.5) is 5.82 Å². The van der Waals surface area contributed by atoms with E-state index in [1.165, 1.54) is 10.1 Å². The molecule has 0 radical (unpaired) electrons. The number of rotatable bonds is 9. The van der Waals surface area contributed by atoms with Gasteiger partial charge >= 0.3 is 0 Å². The van der Waals surface area contributed by atoms with Crippen molar-refractivity contribution in [2.45, 2.75) is 31.3 Å². The van der Waals surface area contributed by atoms with E-state index in [2.05, 4.69) is 30.7 Å². The van der Waals surface area contributed by atoms with Crippen molar-refractivity contribution in [2.24, 2.45) is 7.05 Å². The lowest BCUT2D eigenvalue weighted by Crippen LogP contribution is -2.35. The van der Waals surface area contributed by atoms with Crippen LogP contribution in [0.2, 0.25) is 5.02 Å². The molecule has 11 heteroatoms. The fraction of sp³-hybridized carbons (Fsp3) is 0.250. The molecule has 1 amide bonds. The van der Waals surface area contributed by atoms with Gasteiger partial charge in [0.15, 0.2) is 5.82 Å². The number of aromatic amines is 1. The Balaban J connectivity index is 1.22. The smallest absolute Gasteiger partial charge is 0.294 e. The molecule has 1 saturated carbocycles. The number of H-pyrrole nitrogens is 1. The van der Waals surface area contributed by atoms with Crippen molar-refractivity contribution in [1.82, 2.24) is 34.6 Å². The molecule has 1 aromatic carbocycles. The zero-order valence-corrected chi connectivity index (χ0v) is 22.1. The van der Waals surface area contributed by atoms with E-state index in [4.69, 9.17) is 11.6 Å². The van der Waals surface area contributed by atoms with Crippen molar-refractivity contribution in [3.8, 4) is 11.3 Å². The minimum atomic E-state index is -0.366. The first-order valence-electron chi connectivity index (χ1n) is 12.7. The fourth-order valence-corrected chi connectivity index (χ4v) is 4.97. The van der Waals surface area contributed by atoms with Crippen LogP contribution in [-0.2, 0) is 30.3 Å². The van der Waals surface area contributed by atoms with E-state index in [0.717, 1.165) is 29.4 Å². The molecule has 0 spiro atoms. The first kappa shape index (κ1) is 24.9. The van der Waals surface area contributed by atoms with E-state index < -0.39 is 0 Å². The van der Waals surface area contributed by atoms with Crippen LogP contribution in [0.15, 0.2) is 72.2 Å². The Kier molecular flexibility index (Phi) is 6.40. The van der Waals surface area contributed by atoms with E-state index in [9.17, 15) is 9.59 Å². The minimum absolute atomic E-state index is 0.0575. The molecule has 39 heavy (non-hydrogen) atoms. The summed E-state index contributed by atoms with van der Waals surface area (Å²) in [7, 11) is 1.80. The molecule has 0 saturated heterocycles. The number of nitrogens with one attached hydrogen (secondary N) is 3. The second-order valence-electron chi connectivity index (χ2n) is 9.96. The lowest BCUT2D eigenvalue weighted by atomic mass is 9.96. The number of benzene rings is 1. The molecule has 0 aliphatic heterocycles. The number of hydrogen-bond donors (Lipinski definition) is 3. The number of pyridine rings is 1. The van der Waals surface area contributed by atoms with Gasteiger partial charge in [-0.3, -0.25) is 23.8 Å². The summed E-state index contributed by atoms with van der Waals surface area (Å²) in [5, 5.41) is 12.0. The van der Waals surface area contributed by atoms with E-state index in [1.807, 2.05) is 36.4 Å². The maximum atomic E-state index is 13.6. The molecule has 198 valence electrons. The van der Waals surface area contributed by atoms with Crippen LogP contribution in [0, 0.1) is 0 Å². The molecule has 0 bridgehead atoms. The number of fused-ring (bicyclic) bond motifs is 1. The lowest BCUT2D eigenvalue weighted by Gasteiger charge is -2.18. The van der Waals surface area contributed by atoms with Gasteiger partial charge in [0, 0.05) is 64.8 Å². The van der Waals surface area contributed by atoms with Gasteiger partial charge in [0.2, 0.25) is 5.91 Å². The SMILES string of the molecule is Cn1cc(-c2cnc(NCC3(c4ccc(Cl)cc4)CC3)c(=O)n2CC(=O)NCc2cc3cnccc3[nH]2)cn1. The average Bonchev–Trinajstić information content (AvgIpc) is 3.40. The van der Waals surface area contributed by atoms with Crippen LogP contribution in [0.3, 0.4) is 0 Å². The van der Waals surface area contributed by atoms with E-state index in [0.29, 0.717) is 29.4 Å². The monoisotopic (exact) mass is 542 g/mol. The predicted octanol–water partition coefficient (Wildman–Crippen LogP) is 3.63. The van der Waals surface area contributed by atoms with Gasteiger partial charge in [-0.05, 0) is 42.7 Å². The first-order valence-corrected chi connectivity index (χ1v) is 13.1. The summed E-state index contributed by atoms with van der Waals surface area (Å²) in [5.41, 5.74) is 3.77. The van der Waals surface area contributed by atoms with Crippen LogP contribution in [0.1, 0.15) is 24.1 Å². The molecule has 0 atom stereocenters. The number of amides is 1. The summed E-state index contributed by atoms with van der Waals surface area (Å²) < 4.78 is 3.09. The van der Waals surface area contributed by atoms with E-state index >= 15 is 0 Å². The number of hydrogen-bond acceptors (Lipinski definition) is 6. The third-order valence-electron chi connectivity index (χ3n) is 7.21. The number of carbonyl (C=O) groups excluding carboxylic acids is 1. The number of aromatic nitrogens is 6. The molecule has 5 aromatic rings. The molecule has 4 heterocycles. The Bertz CT molecular complexity index is 1680. The van der Waals surface area contributed by atoms with E-state index in [-0.39, 0.29) is 29.2 Å². The number of anilines is 1. The lowest BCUT2D eigenvalue weighted by molar-refractivity contribution is -0.121. The standard InChI is InChI=1S/C28H27ClN8O2/c1-36-15-19(12-34-36)24-14-32-26(33-17-28(7-8-28)20-2-4-21(29)5-3-20)27(39)37(24)16-25(38)31-13-22-10-18-11-30-9-6-23(18)35-22/h2-6,9-12,14-15,35H,7-8,13,16-17H2,1H3,(H,31,38)(H,32,33). The third-order valence-corrected chi connectivity index (χ3v) is 7.47. The molecular weight excluding hydrogens is 516 g/mol. The highest BCUT2D eigenvalue weighted by molar-refractivity contribution is 6.30. The highest BCUT2D eigenvalue weighted by Gasteiger charge is 2.44. The Hall–Kier alpha value is -4.44. The topological polar surface area (TPSA) is 123 Å². The minimum Gasteiger partial charge on any atom is -0.365 e. The quantitative estimate of drug-likeness (QED) is 0.261. The maximum Gasteiger partial charge on any atom is 0.294 e. The van der Waals surface area contributed by atoms with Crippen molar-refractivity contribution in [3.63, 3.8) is 0 Å². The van der Waals surface area contributed by atoms with Gasteiger partial charge in [0.05, 0.1) is 24.6 Å². The zero-order chi connectivity index (χ0) is 27.0. The van der Waals surface area contributed by atoms with Gasteiger partial charge < -0.3 is 15.6 Å². The van der Waals surface area contributed by atoms with Gasteiger partial charge in [0.1, 0.15) is 6.54 Å². The molecule has 1 aliphatic carbocycles. The number of carbonyl (C=O) groups is 1. The van der Waals surface area contributed by atoms with Gasteiger partial charge in [0.25, 0.3) is 5.56 Å². The Morgan fingerprint density at radius 2 is 1.97 bits per heavy atom. The van der Waals surface area contributed by atoms with Crippen LogP contribution in [0.5, 0.6) is 0 Å². The average molecular weight is 543 g/mol. The second kappa shape index (κ2) is 10.0. The second-order valence-corrected chi connectivity index (χ2v) is 10.4. The van der Waals surface area contributed by atoms with Crippen molar-refractivity contribution >= 4 is 34.2 Å². The van der Waals surface area contributed by atoms with Crippen molar-refractivity contribution < 1.29 is 4.79 Å². The molecule has 3 N–H and O–H groups in total. The summed E-state index contributed by atoms with van der Waals surface area (Å²) in [6, 6.07) is 11.7. The molecule has 4 aromatic heterocycles. The van der Waals surface area contributed by atoms with Gasteiger partial charge in [-0.2, -0.15) is 5.10 Å². The highest BCUT2D eigenvalue weighted by Crippen LogP contribution is 2.48. The molecule has 10 nitrogen and oxygen atoms in total. The van der Waals surface area contributed by atoms with Crippen molar-refractivity contribution in [2.75, 3.05) is 11.9 Å². The summed E-state index contributed by atoms with van der Waals surface area (Å²) in [5.74, 6) is -0.0882. The molecule has 1 aliphatic rings. The first-order chi connectivity index (χ1) is 18.9. The van der Waals surface area contributed by atoms with Crippen LogP contribution in [-0.4, -0.2) is 41.8 Å². The van der Waals surface area contributed by atoms with Gasteiger partial charge in [-0.1, -0.05) is 23.7 Å². The zero-order valence-electron chi connectivity index (χ0n) is 21.3. The predicted molar refractivity (Wildman–Crippen MR) is 149 cm³/mol. The molecule has 1 fully saturated rings. The summed E-state index contributed by atoms with van der Waals surface area (Å²) in [4.78, 5) is 38.5. The summed E-state index contributed by atoms with van der Waals surface area (Å²) in [6.45, 7) is 0.694. The van der Waals surface area contributed by atoms with E-state index in [1.54, 1.807) is 42.7 Å². The Morgan fingerprint density at radius 3 is 2.69 bits per heavy atom. The van der Waals surface area contributed by atoms with Crippen LogP contribution in [0.25, 0.3) is 22.2 Å². The van der Waals surface area contributed by atoms with Crippen LogP contribution >= 0.6 is 11.6 Å². The molecule has 0 unspecified atom stereocenters. The van der Waals surface area contributed by atoms with Crippen molar-refractivity contribution in [1.29, 1.82) is 0 Å². The highest BCUT2D eigenvalue weighted by atomic mass is 35.5. The maximum absolute atomic E-state index is 13.6. The normalized spacial score (nSPS) is 13.9. The third kappa shape index (κ3) is 5.15. The van der Waals surface area contributed by atoms with Crippen LogP contribution < -0.4 is 16.2 Å². The summed E-state index contributed by atoms with van der Waals surface area (Å²) in [6.07, 6.45) is 10.5.